The van der Waals surface area contributed by atoms with Gasteiger partial charge in [0.2, 0.25) is 0 Å². The van der Waals surface area contributed by atoms with Crippen molar-refractivity contribution in [1.29, 1.82) is 0 Å². The van der Waals surface area contributed by atoms with E-state index in [2.05, 4.69) is 0 Å². The number of esters is 1. The fraction of sp³-hybridized carbons (Fsp3) is 0.304. The molecule has 26 heavy (non-hydrogen) atoms. The van der Waals surface area contributed by atoms with E-state index < -0.39 is 11.9 Å². The number of benzene rings is 2. The van der Waals surface area contributed by atoms with Gasteiger partial charge in [0.05, 0.1) is 6.61 Å². The van der Waals surface area contributed by atoms with Gasteiger partial charge >= 0.3 is 5.97 Å². The summed E-state index contributed by atoms with van der Waals surface area (Å²) in [5, 5.41) is 0. The third-order valence-corrected chi connectivity index (χ3v) is 5.02. The third kappa shape index (κ3) is 3.62. The molecule has 0 bridgehead atoms. The fourth-order valence-corrected chi connectivity index (χ4v) is 3.65. The minimum Gasteiger partial charge on any atom is -0.465 e. The van der Waals surface area contributed by atoms with Crippen LogP contribution in [0.3, 0.4) is 0 Å². The van der Waals surface area contributed by atoms with Gasteiger partial charge < -0.3 is 4.74 Å². The van der Waals surface area contributed by atoms with E-state index in [1.54, 1.807) is 13.0 Å². The Bertz CT molecular complexity index is 846. The molecule has 0 spiro atoms. The Balaban J connectivity index is 2.04. The van der Waals surface area contributed by atoms with E-state index in [1.807, 2.05) is 62.4 Å². The van der Waals surface area contributed by atoms with E-state index in [4.69, 9.17) is 4.74 Å². The molecular formula is C23H24O3. The first kappa shape index (κ1) is 18.1. The summed E-state index contributed by atoms with van der Waals surface area (Å²) in [5.41, 5.74) is 5.31. The number of ether oxygens (including phenoxy) is 1. The van der Waals surface area contributed by atoms with Crippen LogP contribution in [0, 0.1) is 19.8 Å². The zero-order valence-electron chi connectivity index (χ0n) is 15.5. The molecule has 2 atom stereocenters. The van der Waals surface area contributed by atoms with E-state index in [9.17, 15) is 9.59 Å². The summed E-state index contributed by atoms with van der Waals surface area (Å²) in [7, 11) is 0. The summed E-state index contributed by atoms with van der Waals surface area (Å²) >= 11 is 0. The topological polar surface area (TPSA) is 43.4 Å². The highest BCUT2D eigenvalue weighted by molar-refractivity contribution is 6.10. The normalized spacial score (nSPS) is 19.8. The van der Waals surface area contributed by atoms with Crippen molar-refractivity contribution in [2.24, 2.45) is 5.92 Å². The van der Waals surface area contributed by atoms with E-state index in [1.165, 1.54) is 5.56 Å². The van der Waals surface area contributed by atoms with Crippen molar-refractivity contribution in [2.45, 2.75) is 33.1 Å². The second kappa shape index (κ2) is 7.69. The Morgan fingerprint density at radius 3 is 2.42 bits per heavy atom. The van der Waals surface area contributed by atoms with Crippen molar-refractivity contribution in [3.63, 3.8) is 0 Å². The SMILES string of the molecule is CCOC(=O)[C@@H]1C(=O)C=C(c2ccc(C)cc2)C[C@H]1c1ccccc1C. The maximum absolute atomic E-state index is 12.9. The first-order valence-electron chi connectivity index (χ1n) is 9.05. The van der Waals surface area contributed by atoms with Crippen molar-refractivity contribution >= 4 is 17.3 Å². The highest BCUT2D eigenvalue weighted by Gasteiger charge is 2.40. The first-order chi connectivity index (χ1) is 12.5. The smallest absolute Gasteiger partial charge is 0.317 e. The van der Waals surface area contributed by atoms with Crippen molar-refractivity contribution in [2.75, 3.05) is 6.61 Å². The Labute approximate surface area is 154 Å². The summed E-state index contributed by atoms with van der Waals surface area (Å²) in [6.07, 6.45) is 2.27. The summed E-state index contributed by atoms with van der Waals surface area (Å²) < 4.78 is 5.21. The largest absolute Gasteiger partial charge is 0.465 e. The van der Waals surface area contributed by atoms with Gasteiger partial charge in [-0.1, -0.05) is 54.1 Å². The zero-order chi connectivity index (χ0) is 18.7. The minimum atomic E-state index is -0.773. The van der Waals surface area contributed by atoms with Crippen molar-refractivity contribution < 1.29 is 14.3 Å². The summed E-state index contributed by atoms with van der Waals surface area (Å²) in [5.74, 6) is -1.57. The van der Waals surface area contributed by atoms with E-state index in [0.29, 0.717) is 6.42 Å². The average Bonchev–Trinajstić information content (AvgIpc) is 2.62. The van der Waals surface area contributed by atoms with Crippen LogP contribution in [-0.4, -0.2) is 18.4 Å². The van der Waals surface area contributed by atoms with Crippen molar-refractivity contribution in [3.8, 4) is 0 Å². The molecule has 0 radical (unpaired) electrons. The number of aryl methyl sites for hydroxylation is 2. The maximum atomic E-state index is 12.9. The van der Waals surface area contributed by atoms with Crippen LogP contribution in [0.4, 0.5) is 0 Å². The molecular weight excluding hydrogens is 324 g/mol. The maximum Gasteiger partial charge on any atom is 0.317 e. The molecule has 0 heterocycles. The lowest BCUT2D eigenvalue weighted by atomic mass is 9.72. The van der Waals surface area contributed by atoms with Crippen molar-refractivity contribution in [1.82, 2.24) is 0 Å². The van der Waals surface area contributed by atoms with Gasteiger partial charge in [0, 0.05) is 5.92 Å². The third-order valence-electron chi connectivity index (χ3n) is 5.02. The lowest BCUT2D eigenvalue weighted by Crippen LogP contribution is -2.34. The molecule has 0 N–H and O–H groups in total. The quantitative estimate of drug-likeness (QED) is 0.598. The number of allylic oxidation sites excluding steroid dienone is 2. The van der Waals surface area contributed by atoms with E-state index in [-0.39, 0.29) is 18.3 Å². The molecule has 0 aliphatic heterocycles. The van der Waals surface area contributed by atoms with Crippen LogP contribution in [0.2, 0.25) is 0 Å². The first-order valence-corrected chi connectivity index (χ1v) is 9.05. The van der Waals surface area contributed by atoms with Gasteiger partial charge in [-0.05, 0) is 55.5 Å². The predicted octanol–water partition coefficient (Wildman–Crippen LogP) is 4.62. The van der Waals surface area contributed by atoms with Gasteiger partial charge in [0.15, 0.2) is 5.78 Å². The van der Waals surface area contributed by atoms with E-state index in [0.717, 1.165) is 22.3 Å². The van der Waals surface area contributed by atoms with Crippen LogP contribution >= 0.6 is 0 Å². The second-order valence-electron chi connectivity index (χ2n) is 6.83. The van der Waals surface area contributed by atoms with Crippen LogP contribution in [0.5, 0.6) is 0 Å². The van der Waals surface area contributed by atoms with Gasteiger partial charge in [-0.25, -0.2) is 0 Å². The van der Waals surface area contributed by atoms with Crippen LogP contribution < -0.4 is 0 Å². The molecule has 2 aromatic carbocycles. The molecule has 0 amide bonds. The van der Waals surface area contributed by atoms with Crippen LogP contribution in [0.15, 0.2) is 54.6 Å². The summed E-state index contributed by atoms with van der Waals surface area (Å²) in [6.45, 7) is 6.10. The number of carbonyl (C=O) groups excluding carboxylic acids is 2. The molecule has 2 aromatic rings. The molecule has 0 saturated heterocycles. The van der Waals surface area contributed by atoms with Gasteiger partial charge in [-0.3, -0.25) is 9.59 Å². The average molecular weight is 348 g/mol. The molecule has 0 aromatic heterocycles. The Morgan fingerprint density at radius 2 is 1.77 bits per heavy atom. The number of hydrogen-bond donors (Lipinski definition) is 0. The van der Waals surface area contributed by atoms with Gasteiger partial charge in [-0.2, -0.15) is 0 Å². The summed E-state index contributed by atoms with van der Waals surface area (Å²) in [6, 6.07) is 16.1. The summed E-state index contributed by atoms with van der Waals surface area (Å²) in [4.78, 5) is 25.4. The van der Waals surface area contributed by atoms with E-state index >= 15 is 0 Å². The standard InChI is InChI=1S/C23H24O3/c1-4-26-23(25)22-20(19-8-6-5-7-16(19)3)13-18(14-21(22)24)17-11-9-15(2)10-12-17/h5-12,14,20,22H,4,13H2,1-3H3/t20-,22-/m0/s1. The van der Waals surface area contributed by atoms with Crippen LogP contribution in [-0.2, 0) is 14.3 Å². The molecule has 3 nitrogen and oxygen atoms in total. The highest BCUT2D eigenvalue weighted by Crippen LogP contribution is 2.41. The van der Waals surface area contributed by atoms with Gasteiger partial charge in [-0.15, -0.1) is 0 Å². The minimum absolute atomic E-state index is 0.168. The molecule has 3 rings (SSSR count). The second-order valence-corrected chi connectivity index (χ2v) is 6.83. The van der Waals surface area contributed by atoms with Gasteiger partial charge in [0.25, 0.3) is 0 Å². The molecule has 134 valence electrons. The van der Waals surface area contributed by atoms with Crippen LogP contribution in [0.1, 0.15) is 41.5 Å². The van der Waals surface area contributed by atoms with Crippen LogP contribution in [0.25, 0.3) is 5.57 Å². The molecule has 1 aliphatic rings. The lowest BCUT2D eigenvalue weighted by molar-refractivity contribution is -0.151. The zero-order valence-corrected chi connectivity index (χ0v) is 15.5. The Morgan fingerprint density at radius 1 is 1.08 bits per heavy atom. The molecule has 3 heteroatoms. The molecule has 0 saturated carbocycles. The molecule has 0 fully saturated rings. The number of carbonyl (C=O) groups is 2. The Kier molecular flexibility index (Phi) is 5.36. The van der Waals surface area contributed by atoms with Gasteiger partial charge in [0.1, 0.15) is 5.92 Å². The molecule has 0 unspecified atom stereocenters. The molecule has 1 aliphatic carbocycles. The Hall–Kier alpha value is -2.68. The van der Waals surface area contributed by atoms with Crippen molar-refractivity contribution in [3.05, 3.63) is 76.9 Å². The predicted molar refractivity (Wildman–Crippen MR) is 103 cm³/mol. The lowest BCUT2D eigenvalue weighted by Gasteiger charge is -2.30. The fourth-order valence-electron chi connectivity index (χ4n) is 3.65. The number of ketones is 1. The monoisotopic (exact) mass is 348 g/mol. The highest BCUT2D eigenvalue weighted by atomic mass is 16.5. The number of hydrogen-bond acceptors (Lipinski definition) is 3. The number of rotatable bonds is 4.